The van der Waals surface area contributed by atoms with Crippen LogP contribution in [-0.4, -0.2) is 113 Å². The maximum atomic E-state index is 13.4. The number of aliphatic hydroxyl groups is 1. The minimum atomic E-state index is -0.712. The maximum Gasteiger partial charge on any atom is 0.410 e. The molecule has 0 bridgehead atoms. The highest BCUT2D eigenvalue weighted by molar-refractivity contribution is 7.14. The fraction of sp³-hybridized carbons (Fsp3) is 0.379. The molecule has 10 rings (SSSR count). The second-order valence-electron chi connectivity index (χ2n) is 21.3. The number of thiazole rings is 2. The van der Waals surface area contributed by atoms with Crippen LogP contribution in [0.3, 0.4) is 0 Å². The average molecular weight is 1090 g/mol. The van der Waals surface area contributed by atoms with Crippen LogP contribution < -0.4 is 9.80 Å². The number of amides is 2. The molecule has 404 valence electrons. The number of rotatable bonds is 10. The van der Waals surface area contributed by atoms with Gasteiger partial charge in [0.2, 0.25) is 0 Å². The molecule has 6 aromatic heterocycles. The van der Waals surface area contributed by atoms with Crippen LogP contribution in [-0.2, 0) is 22.3 Å². The molecular formula is C58H66F2N10O5S2. The number of aliphatic hydroxyl groups excluding tert-OH is 1. The standard InChI is InChI=1S/C29H34FN5O3S.C29H32FN5O2S/c1-6-22-26(33(5)27-32-23(17-39-27)18-7-10-20(30)11-8-18)35-15-19(9-12-25(35)31-22)21-13-14-34(16-24(21)36)28(37)38-29(2,3)4;1-6-23-26(33(5)27-32-24(18-38-27)20-7-10-22(30)11-8-20)35-17-21(9-12-25(35)31-23)19-13-15-34(16-14-19)28(36)37-29(2,3)4/h7-12,15,17,21,24,36H,6,13-14,16H2,1-5H3;7-13,17-18H,6,14-16H2,1-5H3. The van der Waals surface area contributed by atoms with Crippen molar-refractivity contribution in [3.05, 3.63) is 136 Å². The lowest BCUT2D eigenvalue weighted by Crippen LogP contribution is -2.47. The largest absolute Gasteiger partial charge is 0.444 e. The Morgan fingerprint density at radius 3 is 1.61 bits per heavy atom. The highest BCUT2D eigenvalue weighted by atomic mass is 32.1. The van der Waals surface area contributed by atoms with Crippen LogP contribution in [0.4, 0.5) is 40.3 Å². The number of nitrogens with zero attached hydrogens (tertiary/aromatic N) is 10. The van der Waals surface area contributed by atoms with E-state index in [0.29, 0.717) is 26.1 Å². The number of hydrogen-bond donors (Lipinski definition) is 1. The van der Waals surface area contributed by atoms with E-state index in [2.05, 4.69) is 45.9 Å². The molecular weight excluding hydrogens is 1020 g/mol. The number of anilines is 4. The van der Waals surface area contributed by atoms with E-state index in [-0.39, 0.29) is 30.2 Å². The zero-order valence-corrected chi connectivity index (χ0v) is 46.9. The van der Waals surface area contributed by atoms with Gasteiger partial charge in [-0.2, -0.15) is 0 Å². The third-order valence-electron chi connectivity index (χ3n) is 13.4. The number of piperidine rings is 1. The Morgan fingerprint density at radius 1 is 0.662 bits per heavy atom. The molecule has 2 amide bonds. The number of aryl methyl sites for hydroxylation is 2. The summed E-state index contributed by atoms with van der Waals surface area (Å²) >= 11 is 3.05. The molecule has 2 aliphatic heterocycles. The molecule has 0 spiro atoms. The molecule has 0 saturated carbocycles. The van der Waals surface area contributed by atoms with Crippen molar-refractivity contribution < 1.29 is 33.0 Å². The molecule has 0 aliphatic carbocycles. The minimum Gasteiger partial charge on any atom is -0.444 e. The Hall–Kier alpha value is -7.22. The number of fused-ring (bicyclic) bond motifs is 2. The Balaban J connectivity index is 0.000000188. The lowest BCUT2D eigenvalue weighted by atomic mass is 9.88. The molecule has 19 heteroatoms. The number of hydrogen-bond acceptors (Lipinski definition) is 13. The second kappa shape index (κ2) is 22.4. The van der Waals surface area contributed by atoms with Crippen molar-refractivity contribution in [2.45, 2.75) is 104 Å². The van der Waals surface area contributed by atoms with Crippen LogP contribution >= 0.6 is 22.7 Å². The van der Waals surface area contributed by atoms with E-state index in [1.807, 2.05) is 95.7 Å². The van der Waals surface area contributed by atoms with E-state index >= 15 is 0 Å². The van der Waals surface area contributed by atoms with Crippen LogP contribution in [0, 0.1) is 11.6 Å². The number of aromatic nitrogens is 6. The van der Waals surface area contributed by atoms with Gasteiger partial charge in [-0.15, -0.1) is 22.7 Å². The maximum absolute atomic E-state index is 13.4. The van der Waals surface area contributed by atoms with Gasteiger partial charge in [0.1, 0.15) is 45.8 Å². The van der Waals surface area contributed by atoms with Gasteiger partial charge in [0.25, 0.3) is 0 Å². The van der Waals surface area contributed by atoms with Gasteiger partial charge in [-0.25, -0.2) is 38.3 Å². The summed E-state index contributed by atoms with van der Waals surface area (Å²) in [5.74, 6) is 1.22. The molecule has 2 atom stereocenters. The smallest absolute Gasteiger partial charge is 0.410 e. The van der Waals surface area contributed by atoms with Gasteiger partial charge in [-0.3, -0.25) is 8.80 Å². The molecule has 15 nitrogen and oxygen atoms in total. The molecule has 77 heavy (non-hydrogen) atoms. The number of halogens is 2. The van der Waals surface area contributed by atoms with Gasteiger partial charge < -0.3 is 34.2 Å². The number of pyridine rings is 2. The van der Waals surface area contributed by atoms with Crippen LogP contribution in [0.5, 0.6) is 0 Å². The first-order valence-corrected chi connectivity index (χ1v) is 27.7. The number of likely N-dealkylation sites (tertiary alicyclic amines) is 1. The summed E-state index contributed by atoms with van der Waals surface area (Å²) in [4.78, 5) is 51.8. The van der Waals surface area contributed by atoms with Crippen molar-refractivity contribution >= 4 is 73.6 Å². The van der Waals surface area contributed by atoms with E-state index in [4.69, 9.17) is 29.4 Å². The zero-order chi connectivity index (χ0) is 54.9. The summed E-state index contributed by atoms with van der Waals surface area (Å²) < 4.78 is 42.0. The quantitative estimate of drug-likeness (QED) is 0.140. The summed E-state index contributed by atoms with van der Waals surface area (Å²) in [5, 5.41) is 16.6. The number of carbonyl (C=O) groups excluding carboxylic acids is 2. The molecule has 8 heterocycles. The number of imidazole rings is 2. The first-order chi connectivity index (χ1) is 36.7. The number of carbonyl (C=O) groups is 2. The Bertz CT molecular complexity index is 3430. The first kappa shape index (κ1) is 54.6. The first-order valence-electron chi connectivity index (χ1n) is 25.9. The Morgan fingerprint density at radius 2 is 1.14 bits per heavy atom. The molecule has 1 N–H and O–H groups in total. The average Bonchev–Trinajstić information content (AvgIpc) is 4.30. The van der Waals surface area contributed by atoms with E-state index in [9.17, 15) is 23.5 Å². The zero-order valence-electron chi connectivity index (χ0n) is 45.3. The van der Waals surface area contributed by atoms with E-state index in [0.717, 1.165) is 97.5 Å². The van der Waals surface area contributed by atoms with Crippen molar-refractivity contribution in [2.24, 2.45) is 0 Å². The van der Waals surface area contributed by atoms with Gasteiger partial charge in [0.15, 0.2) is 10.3 Å². The number of benzene rings is 2. The van der Waals surface area contributed by atoms with E-state index in [1.54, 1.807) is 45.4 Å². The monoisotopic (exact) mass is 1080 g/mol. The number of ether oxygens (including phenoxy) is 2. The van der Waals surface area contributed by atoms with E-state index < -0.39 is 23.4 Å². The van der Waals surface area contributed by atoms with Crippen LogP contribution in [0.1, 0.15) is 96.7 Å². The van der Waals surface area contributed by atoms with E-state index in [1.165, 1.54) is 41.2 Å². The van der Waals surface area contributed by atoms with Crippen LogP contribution in [0.15, 0.2) is 102 Å². The fourth-order valence-electron chi connectivity index (χ4n) is 9.53. The highest BCUT2D eigenvalue weighted by Gasteiger charge is 2.34. The lowest BCUT2D eigenvalue weighted by molar-refractivity contribution is -0.00157. The second-order valence-corrected chi connectivity index (χ2v) is 22.9. The topological polar surface area (TPSA) is 146 Å². The molecule has 1 fully saturated rings. The molecule has 2 unspecified atom stereocenters. The normalized spacial score (nSPS) is 16.0. The Kier molecular flexibility index (Phi) is 15.9. The third-order valence-corrected chi connectivity index (χ3v) is 15.2. The summed E-state index contributed by atoms with van der Waals surface area (Å²) in [6.07, 6.45) is 7.77. The van der Waals surface area contributed by atoms with Crippen molar-refractivity contribution in [3.8, 4) is 22.5 Å². The number of β-amino-alcohol motifs (C(OH)–C–C–N with tert-alkyl or cyclic N) is 1. The third kappa shape index (κ3) is 12.3. The Labute approximate surface area is 456 Å². The highest BCUT2D eigenvalue weighted by Crippen LogP contribution is 2.38. The predicted molar refractivity (Wildman–Crippen MR) is 302 cm³/mol. The molecule has 2 aliphatic rings. The fourth-order valence-corrected chi connectivity index (χ4v) is 11.1. The van der Waals surface area contributed by atoms with Gasteiger partial charge in [0.05, 0.1) is 35.4 Å². The summed E-state index contributed by atoms with van der Waals surface area (Å²) in [6, 6.07) is 20.8. The van der Waals surface area contributed by atoms with Crippen molar-refractivity contribution in [2.75, 3.05) is 50.1 Å². The minimum absolute atomic E-state index is 0.122. The molecule has 0 radical (unpaired) electrons. The van der Waals surface area contributed by atoms with Crippen molar-refractivity contribution in [1.29, 1.82) is 0 Å². The molecule has 1 saturated heterocycles. The lowest BCUT2D eigenvalue weighted by Gasteiger charge is -2.36. The van der Waals surface area contributed by atoms with Crippen molar-refractivity contribution in [3.63, 3.8) is 0 Å². The predicted octanol–water partition coefficient (Wildman–Crippen LogP) is 13.0. The summed E-state index contributed by atoms with van der Waals surface area (Å²) in [6.45, 7) is 17.2. The van der Waals surface area contributed by atoms with Gasteiger partial charge >= 0.3 is 12.2 Å². The van der Waals surface area contributed by atoms with Crippen LogP contribution in [0.25, 0.3) is 39.4 Å². The van der Waals surface area contributed by atoms with Gasteiger partial charge in [-0.1, -0.05) is 26.0 Å². The summed E-state index contributed by atoms with van der Waals surface area (Å²) in [5.41, 5.74) is 9.13. The van der Waals surface area contributed by atoms with Gasteiger partial charge in [-0.05, 0) is 151 Å². The molecule has 2 aromatic carbocycles. The SMILES string of the molecule is CCc1nc2ccc(C3=CCN(C(=O)OC(C)(C)C)CC3)cn2c1N(C)c1nc(-c2ccc(F)cc2)cs1.CCc1nc2ccc(C3CCN(C(=O)OC(C)(C)C)CC3O)cn2c1N(C)c1nc(-c2ccc(F)cc2)cs1. The van der Waals surface area contributed by atoms with Crippen LogP contribution in [0.2, 0.25) is 0 Å². The van der Waals surface area contributed by atoms with Gasteiger partial charge in [0, 0.05) is 73.9 Å². The molecule has 8 aromatic rings. The summed E-state index contributed by atoms with van der Waals surface area (Å²) in [7, 11) is 3.97. The van der Waals surface area contributed by atoms with Crippen molar-refractivity contribution in [1.82, 2.24) is 38.5 Å².